The number of likely N-dealkylation sites (tertiary alicyclic amines) is 1. The van der Waals surface area contributed by atoms with E-state index in [1.54, 1.807) is 12.1 Å². The molecule has 2 rings (SSSR count). The fraction of sp³-hybridized carbons (Fsp3) is 0.667. The van der Waals surface area contributed by atoms with Gasteiger partial charge in [0.2, 0.25) is 0 Å². The number of aliphatic imine (C=N–C) groups is 1. The zero-order valence-electron chi connectivity index (χ0n) is 13.2. The topological polar surface area (TPSA) is 60.3 Å². The summed E-state index contributed by atoms with van der Waals surface area (Å²) in [7, 11) is 1.64. The van der Waals surface area contributed by atoms with Gasteiger partial charge in [-0.15, -0.1) is 0 Å². The number of hydrogen-bond donors (Lipinski definition) is 1. The summed E-state index contributed by atoms with van der Waals surface area (Å²) in [4.78, 5) is 18.7. The second kappa shape index (κ2) is 7.24. The van der Waals surface area contributed by atoms with Gasteiger partial charge in [0.25, 0.3) is 5.91 Å². The normalized spacial score (nSPS) is 19.8. The Kier molecular flexibility index (Phi) is 5.36. The molecule has 2 aliphatic rings. The Labute approximate surface area is 126 Å². The number of nitrogens with one attached hydrogen (secondary N) is 1. The summed E-state index contributed by atoms with van der Waals surface area (Å²) in [6.07, 6.45) is 7.36. The first-order valence-corrected chi connectivity index (χ1v) is 7.68. The van der Waals surface area contributed by atoms with Gasteiger partial charge in [0.05, 0.1) is 6.54 Å². The van der Waals surface area contributed by atoms with Gasteiger partial charge in [-0.3, -0.25) is 9.79 Å². The van der Waals surface area contributed by atoms with Crippen molar-refractivity contribution in [3.63, 3.8) is 0 Å². The lowest BCUT2D eigenvalue weighted by Gasteiger charge is -2.29. The Hall–Kier alpha value is -1.85. The Bertz CT molecular complexity index is 461. The molecular formula is C15H25N5O. The van der Waals surface area contributed by atoms with Crippen LogP contribution in [0.25, 0.3) is 0 Å². The third kappa shape index (κ3) is 3.83. The van der Waals surface area contributed by atoms with Crippen LogP contribution < -0.4 is 5.32 Å². The molecule has 116 valence electrons. The first kappa shape index (κ1) is 15.5. The third-order valence-corrected chi connectivity index (χ3v) is 3.68. The lowest BCUT2D eigenvalue weighted by molar-refractivity contribution is -0.118. The van der Waals surface area contributed by atoms with Gasteiger partial charge in [0.15, 0.2) is 0 Å². The highest BCUT2D eigenvalue weighted by Gasteiger charge is 2.25. The van der Waals surface area contributed by atoms with Crippen molar-refractivity contribution in [2.75, 3.05) is 26.7 Å². The van der Waals surface area contributed by atoms with Crippen LogP contribution in [-0.4, -0.2) is 54.7 Å². The molecule has 0 unspecified atom stereocenters. The van der Waals surface area contributed by atoms with E-state index in [-0.39, 0.29) is 11.8 Å². The van der Waals surface area contributed by atoms with Gasteiger partial charge in [-0.05, 0) is 25.3 Å². The van der Waals surface area contributed by atoms with Crippen LogP contribution in [0.5, 0.6) is 0 Å². The van der Waals surface area contributed by atoms with Gasteiger partial charge in [0, 0.05) is 26.1 Å². The molecule has 0 aromatic rings. The maximum Gasteiger partial charge on any atom is 0.269 e. The summed E-state index contributed by atoms with van der Waals surface area (Å²) in [5.74, 6) is 0.931. The maximum absolute atomic E-state index is 12.0. The SMILES string of the molecule is CNC(=O)C1=CCN=C(C(C)C)N1/N=C/N1CCCCC1. The fourth-order valence-corrected chi connectivity index (χ4v) is 2.53. The average molecular weight is 291 g/mol. The highest BCUT2D eigenvalue weighted by Crippen LogP contribution is 2.17. The second-order valence-electron chi connectivity index (χ2n) is 5.66. The zero-order chi connectivity index (χ0) is 15.2. The third-order valence-electron chi connectivity index (χ3n) is 3.68. The number of nitrogens with zero attached hydrogens (tertiary/aromatic N) is 4. The fourth-order valence-electron chi connectivity index (χ4n) is 2.53. The zero-order valence-corrected chi connectivity index (χ0v) is 13.2. The van der Waals surface area contributed by atoms with Gasteiger partial charge >= 0.3 is 0 Å². The van der Waals surface area contributed by atoms with E-state index in [2.05, 4.69) is 34.2 Å². The molecule has 1 N–H and O–H groups in total. The van der Waals surface area contributed by atoms with Crippen molar-refractivity contribution in [2.24, 2.45) is 16.0 Å². The summed E-state index contributed by atoms with van der Waals surface area (Å²) in [6, 6.07) is 0. The van der Waals surface area contributed by atoms with E-state index in [1.807, 2.05) is 12.4 Å². The number of piperidine rings is 1. The minimum atomic E-state index is -0.126. The second-order valence-corrected chi connectivity index (χ2v) is 5.66. The first-order valence-electron chi connectivity index (χ1n) is 7.68. The smallest absolute Gasteiger partial charge is 0.269 e. The van der Waals surface area contributed by atoms with E-state index in [0.717, 1.165) is 18.9 Å². The predicted octanol–water partition coefficient (Wildman–Crippen LogP) is 1.42. The number of amidine groups is 1. The lowest BCUT2D eigenvalue weighted by Crippen LogP contribution is -2.40. The molecule has 2 heterocycles. The molecule has 1 fully saturated rings. The quantitative estimate of drug-likeness (QED) is 0.629. The number of carbonyl (C=O) groups is 1. The number of carbonyl (C=O) groups excluding carboxylic acids is 1. The highest BCUT2D eigenvalue weighted by molar-refractivity contribution is 6.00. The number of rotatable bonds is 4. The molecule has 6 nitrogen and oxygen atoms in total. The number of hydrazone groups is 1. The van der Waals surface area contributed by atoms with Gasteiger partial charge in [-0.25, -0.2) is 5.01 Å². The van der Waals surface area contributed by atoms with Crippen LogP contribution in [0.3, 0.4) is 0 Å². The summed E-state index contributed by atoms with van der Waals surface area (Å²) < 4.78 is 0. The van der Waals surface area contributed by atoms with Crippen molar-refractivity contribution in [2.45, 2.75) is 33.1 Å². The first-order chi connectivity index (χ1) is 10.1. The Morgan fingerprint density at radius 1 is 1.38 bits per heavy atom. The summed E-state index contributed by atoms with van der Waals surface area (Å²) in [5, 5.41) is 8.89. The summed E-state index contributed by atoms with van der Waals surface area (Å²) in [5.41, 5.74) is 0.560. The molecule has 0 aromatic heterocycles. The van der Waals surface area contributed by atoms with Crippen LogP contribution >= 0.6 is 0 Å². The van der Waals surface area contributed by atoms with Crippen molar-refractivity contribution >= 4 is 18.1 Å². The Morgan fingerprint density at radius 3 is 2.71 bits per heavy atom. The van der Waals surface area contributed by atoms with Crippen LogP contribution in [0.1, 0.15) is 33.1 Å². The van der Waals surface area contributed by atoms with Gasteiger partial charge in [-0.1, -0.05) is 13.8 Å². The van der Waals surface area contributed by atoms with E-state index < -0.39 is 0 Å². The predicted molar refractivity (Wildman–Crippen MR) is 85.0 cm³/mol. The molecule has 0 saturated carbocycles. The molecule has 2 aliphatic heterocycles. The molecule has 0 aromatic carbocycles. The van der Waals surface area contributed by atoms with Crippen LogP contribution in [0.2, 0.25) is 0 Å². The maximum atomic E-state index is 12.0. The summed E-state index contributed by atoms with van der Waals surface area (Å²) >= 11 is 0. The van der Waals surface area contributed by atoms with Crippen molar-refractivity contribution < 1.29 is 4.79 Å². The van der Waals surface area contributed by atoms with Crippen molar-refractivity contribution in [1.82, 2.24) is 15.2 Å². The average Bonchev–Trinajstić information content (AvgIpc) is 2.52. The minimum absolute atomic E-state index is 0.126. The number of likely N-dealkylation sites (N-methyl/N-ethyl adjacent to an activating group) is 1. The molecule has 1 saturated heterocycles. The van der Waals surface area contributed by atoms with Crippen LogP contribution in [0.15, 0.2) is 21.9 Å². The molecule has 0 bridgehead atoms. The van der Waals surface area contributed by atoms with Gasteiger partial charge < -0.3 is 10.2 Å². The lowest BCUT2D eigenvalue weighted by atomic mass is 10.1. The molecule has 0 atom stereocenters. The van der Waals surface area contributed by atoms with E-state index in [9.17, 15) is 4.79 Å². The monoisotopic (exact) mass is 291 g/mol. The van der Waals surface area contributed by atoms with Crippen LogP contribution in [0.4, 0.5) is 0 Å². The molecule has 1 amide bonds. The molecule has 21 heavy (non-hydrogen) atoms. The van der Waals surface area contributed by atoms with E-state index in [4.69, 9.17) is 0 Å². The van der Waals surface area contributed by atoms with Crippen molar-refractivity contribution in [1.29, 1.82) is 0 Å². The summed E-state index contributed by atoms with van der Waals surface area (Å²) in [6.45, 7) is 6.73. The van der Waals surface area contributed by atoms with E-state index >= 15 is 0 Å². The molecule has 0 aliphatic carbocycles. The highest BCUT2D eigenvalue weighted by atomic mass is 16.2. The molecule has 0 spiro atoms. The van der Waals surface area contributed by atoms with Gasteiger partial charge in [-0.2, -0.15) is 5.10 Å². The van der Waals surface area contributed by atoms with E-state index in [1.165, 1.54) is 19.3 Å². The molecular weight excluding hydrogens is 266 g/mol. The number of amides is 1. The van der Waals surface area contributed by atoms with Crippen LogP contribution in [-0.2, 0) is 4.79 Å². The Morgan fingerprint density at radius 2 is 2.10 bits per heavy atom. The van der Waals surface area contributed by atoms with Crippen LogP contribution in [0, 0.1) is 5.92 Å². The largest absolute Gasteiger partial charge is 0.361 e. The molecule has 0 radical (unpaired) electrons. The molecule has 6 heteroatoms. The Balaban J connectivity index is 2.17. The number of hydrogen-bond acceptors (Lipinski definition) is 4. The van der Waals surface area contributed by atoms with Crippen molar-refractivity contribution in [3.05, 3.63) is 11.8 Å². The van der Waals surface area contributed by atoms with Gasteiger partial charge in [0.1, 0.15) is 17.9 Å². The van der Waals surface area contributed by atoms with E-state index in [0.29, 0.717) is 12.2 Å². The minimum Gasteiger partial charge on any atom is -0.361 e. The standard InChI is InChI=1S/C15H25N5O/c1-12(2)14-17-8-7-13(15(21)16-3)20(14)18-11-19-9-5-4-6-10-19/h7,11-12H,4-6,8-10H2,1-3H3,(H,16,21)/b18-11+. The van der Waals surface area contributed by atoms with Crippen molar-refractivity contribution in [3.8, 4) is 0 Å².